The summed E-state index contributed by atoms with van der Waals surface area (Å²) in [5.74, 6) is -0.741. The number of amides is 3. The molecule has 3 atom stereocenters. The van der Waals surface area contributed by atoms with Crippen LogP contribution in [-0.4, -0.2) is 72.0 Å². The molecule has 3 fully saturated rings. The molecule has 0 radical (unpaired) electrons. The Kier molecular flexibility index (Phi) is 4.41. The molecule has 8 heteroatoms. The molecule has 3 unspecified atom stereocenters. The average Bonchev–Trinajstić information content (AvgIpc) is 3.23. The van der Waals surface area contributed by atoms with E-state index in [0.29, 0.717) is 25.6 Å². The molecule has 4 aliphatic heterocycles. The fourth-order valence-electron chi connectivity index (χ4n) is 4.86. The van der Waals surface area contributed by atoms with Crippen LogP contribution < -0.4 is 10.6 Å². The smallest absolute Gasteiger partial charge is 0.255 e. The topological polar surface area (TPSA) is 91.0 Å². The molecule has 2 N–H and O–H groups in total. The van der Waals surface area contributed by atoms with Crippen LogP contribution in [0.2, 0.25) is 0 Å². The predicted octanol–water partition coefficient (Wildman–Crippen LogP) is -0.380. The van der Waals surface area contributed by atoms with Crippen LogP contribution in [0.3, 0.4) is 0 Å². The van der Waals surface area contributed by atoms with Crippen molar-refractivity contribution < 1.29 is 19.1 Å². The zero-order valence-electron chi connectivity index (χ0n) is 15.6. The quantitative estimate of drug-likeness (QED) is 0.691. The van der Waals surface area contributed by atoms with E-state index in [1.807, 2.05) is 18.2 Å². The van der Waals surface area contributed by atoms with Crippen molar-refractivity contribution in [2.45, 2.75) is 44.1 Å². The van der Waals surface area contributed by atoms with Crippen LogP contribution in [0, 0.1) is 0 Å². The lowest BCUT2D eigenvalue weighted by Crippen LogP contribution is -2.52. The van der Waals surface area contributed by atoms with Crippen LogP contribution in [0.1, 0.15) is 34.3 Å². The largest absolute Gasteiger partial charge is 0.374 e. The van der Waals surface area contributed by atoms with E-state index in [2.05, 4.69) is 15.5 Å². The molecular weight excluding hydrogens is 360 g/mol. The zero-order chi connectivity index (χ0) is 19.3. The number of benzene rings is 1. The van der Waals surface area contributed by atoms with Gasteiger partial charge in [-0.05, 0) is 17.5 Å². The molecule has 0 saturated carbocycles. The van der Waals surface area contributed by atoms with Crippen molar-refractivity contribution in [1.82, 2.24) is 20.4 Å². The molecule has 4 heterocycles. The summed E-state index contributed by atoms with van der Waals surface area (Å²) < 4.78 is 5.85. The lowest BCUT2D eigenvalue weighted by Gasteiger charge is -2.29. The number of hydrogen-bond acceptors (Lipinski definition) is 6. The van der Waals surface area contributed by atoms with Crippen LogP contribution in [-0.2, 0) is 27.4 Å². The lowest BCUT2D eigenvalue weighted by atomic mass is 10.0. The molecule has 3 saturated heterocycles. The second-order valence-electron chi connectivity index (χ2n) is 8.02. The molecule has 1 aromatic carbocycles. The summed E-state index contributed by atoms with van der Waals surface area (Å²) in [7, 11) is 0. The number of rotatable bonds is 3. The Bertz CT molecular complexity index is 827. The Labute approximate surface area is 163 Å². The van der Waals surface area contributed by atoms with Crippen molar-refractivity contribution in [3.05, 3.63) is 34.9 Å². The molecule has 0 aromatic heterocycles. The summed E-state index contributed by atoms with van der Waals surface area (Å²) in [6, 6.07) is 5.71. The van der Waals surface area contributed by atoms with E-state index in [-0.39, 0.29) is 30.2 Å². The summed E-state index contributed by atoms with van der Waals surface area (Å²) in [5, 5.41) is 5.86. The molecule has 4 aliphatic rings. The number of carbonyl (C=O) groups is 3. The fourth-order valence-corrected chi connectivity index (χ4v) is 4.86. The van der Waals surface area contributed by atoms with Gasteiger partial charge in [-0.15, -0.1) is 0 Å². The second-order valence-corrected chi connectivity index (χ2v) is 8.02. The van der Waals surface area contributed by atoms with E-state index in [4.69, 9.17) is 4.74 Å². The number of likely N-dealkylation sites (tertiary alicyclic amines) is 1. The number of nitrogens with zero attached hydrogens (tertiary/aromatic N) is 2. The van der Waals surface area contributed by atoms with Crippen molar-refractivity contribution in [2.24, 2.45) is 0 Å². The van der Waals surface area contributed by atoms with E-state index in [0.717, 1.165) is 42.9 Å². The van der Waals surface area contributed by atoms with Crippen molar-refractivity contribution in [2.75, 3.05) is 26.2 Å². The first-order valence-corrected chi connectivity index (χ1v) is 9.93. The van der Waals surface area contributed by atoms with E-state index in [1.54, 1.807) is 4.90 Å². The average molecular weight is 384 g/mol. The molecular formula is C20H24N4O4. The highest BCUT2D eigenvalue weighted by Crippen LogP contribution is 2.31. The third-order valence-electron chi connectivity index (χ3n) is 6.22. The Morgan fingerprint density at radius 1 is 1.18 bits per heavy atom. The van der Waals surface area contributed by atoms with Crippen LogP contribution in [0.25, 0.3) is 0 Å². The van der Waals surface area contributed by atoms with Gasteiger partial charge in [0.05, 0.1) is 12.7 Å². The van der Waals surface area contributed by atoms with Crippen molar-refractivity contribution in [3.63, 3.8) is 0 Å². The molecule has 3 amide bonds. The minimum atomic E-state index is -0.572. The molecule has 0 spiro atoms. The maximum Gasteiger partial charge on any atom is 0.255 e. The van der Waals surface area contributed by atoms with Crippen LogP contribution in [0.15, 0.2) is 18.2 Å². The highest BCUT2D eigenvalue weighted by molar-refractivity contribution is 6.05. The van der Waals surface area contributed by atoms with Gasteiger partial charge in [-0.2, -0.15) is 0 Å². The van der Waals surface area contributed by atoms with E-state index < -0.39 is 6.04 Å². The van der Waals surface area contributed by atoms with Gasteiger partial charge in [0.25, 0.3) is 5.91 Å². The predicted molar refractivity (Wildman–Crippen MR) is 99.3 cm³/mol. The Hall–Kier alpha value is -2.29. The highest BCUT2D eigenvalue weighted by Gasteiger charge is 2.41. The number of ether oxygens (including phenoxy) is 1. The summed E-state index contributed by atoms with van der Waals surface area (Å²) in [5.41, 5.74) is 2.67. The minimum absolute atomic E-state index is 0.105. The number of hydrogen-bond donors (Lipinski definition) is 2. The van der Waals surface area contributed by atoms with Crippen molar-refractivity contribution >= 4 is 17.7 Å². The summed E-state index contributed by atoms with van der Waals surface area (Å²) >= 11 is 0. The molecule has 1 aromatic rings. The zero-order valence-corrected chi connectivity index (χ0v) is 15.6. The maximum atomic E-state index is 13.2. The third kappa shape index (κ3) is 3.01. The van der Waals surface area contributed by atoms with Crippen LogP contribution >= 0.6 is 0 Å². The van der Waals surface area contributed by atoms with Gasteiger partial charge >= 0.3 is 0 Å². The van der Waals surface area contributed by atoms with E-state index in [9.17, 15) is 14.4 Å². The molecule has 0 bridgehead atoms. The van der Waals surface area contributed by atoms with Crippen molar-refractivity contribution in [1.29, 1.82) is 0 Å². The standard InChI is InChI=1S/C20H24N4O4/c25-17-5-4-15(19(26)22-17)24-9-13-3-1-2-12(18(13)20(24)27)8-23-10-14-16(11-23)28-7-6-21-14/h1-3,14-16,21H,4-11H2,(H,22,25,26). The maximum absolute atomic E-state index is 13.2. The molecule has 8 nitrogen and oxygen atoms in total. The number of piperidine rings is 1. The summed E-state index contributed by atoms with van der Waals surface area (Å²) in [6.07, 6.45) is 0.867. The molecule has 5 rings (SSSR count). The Balaban J connectivity index is 1.34. The Morgan fingerprint density at radius 3 is 2.89 bits per heavy atom. The van der Waals surface area contributed by atoms with Gasteiger partial charge in [0, 0.05) is 50.7 Å². The third-order valence-corrected chi connectivity index (χ3v) is 6.22. The first-order chi connectivity index (χ1) is 13.6. The number of carbonyl (C=O) groups excluding carboxylic acids is 3. The lowest BCUT2D eigenvalue weighted by molar-refractivity contribution is -0.136. The number of nitrogens with one attached hydrogen (secondary N) is 2. The monoisotopic (exact) mass is 384 g/mol. The summed E-state index contributed by atoms with van der Waals surface area (Å²) in [6.45, 7) is 4.50. The Morgan fingerprint density at radius 2 is 2.07 bits per heavy atom. The minimum Gasteiger partial charge on any atom is -0.374 e. The molecule has 0 aliphatic carbocycles. The SMILES string of the molecule is O=C1CCC(N2Cc3cccc(CN4CC5NCCOC5C4)c3C2=O)C(=O)N1. The molecule has 148 valence electrons. The number of morpholine rings is 1. The number of fused-ring (bicyclic) bond motifs is 2. The van der Waals surface area contributed by atoms with Crippen LogP contribution in [0.4, 0.5) is 0 Å². The van der Waals surface area contributed by atoms with Gasteiger partial charge < -0.3 is 15.0 Å². The van der Waals surface area contributed by atoms with Gasteiger partial charge in [0.1, 0.15) is 6.04 Å². The molecule has 28 heavy (non-hydrogen) atoms. The first-order valence-electron chi connectivity index (χ1n) is 9.93. The first kappa shape index (κ1) is 17.8. The fraction of sp³-hybridized carbons (Fsp3) is 0.550. The normalized spacial score (nSPS) is 30.4. The van der Waals surface area contributed by atoms with Crippen LogP contribution in [0.5, 0.6) is 0 Å². The second kappa shape index (κ2) is 6.95. The highest BCUT2D eigenvalue weighted by atomic mass is 16.5. The van der Waals surface area contributed by atoms with Gasteiger partial charge in [-0.3, -0.25) is 24.6 Å². The van der Waals surface area contributed by atoms with Gasteiger partial charge in [0.15, 0.2) is 0 Å². The van der Waals surface area contributed by atoms with Gasteiger partial charge in [-0.25, -0.2) is 0 Å². The van der Waals surface area contributed by atoms with Gasteiger partial charge in [-0.1, -0.05) is 18.2 Å². The van der Waals surface area contributed by atoms with E-state index in [1.165, 1.54) is 0 Å². The summed E-state index contributed by atoms with van der Waals surface area (Å²) in [4.78, 5) is 40.8. The van der Waals surface area contributed by atoms with E-state index >= 15 is 0 Å². The van der Waals surface area contributed by atoms with Gasteiger partial charge in [0.2, 0.25) is 11.8 Å². The van der Waals surface area contributed by atoms with Crippen molar-refractivity contribution in [3.8, 4) is 0 Å². The number of imide groups is 1.